The van der Waals surface area contributed by atoms with E-state index in [0.29, 0.717) is 5.22 Å². The van der Waals surface area contributed by atoms with Crippen molar-refractivity contribution in [3.8, 4) is 0 Å². The molecule has 0 saturated carbocycles. The van der Waals surface area contributed by atoms with Gasteiger partial charge in [0, 0.05) is 5.75 Å². The third kappa shape index (κ3) is 2.27. The molecular weight excluding hydrogens is 178 g/mol. The zero-order chi connectivity index (χ0) is 9.14. The van der Waals surface area contributed by atoms with Gasteiger partial charge in [-0.15, -0.1) is 0 Å². The van der Waals surface area contributed by atoms with Crippen LogP contribution in [0.15, 0.2) is 9.64 Å². The van der Waals surface area contributed by atoms with E-state index in [1.807, 2.05) is 6.92 Å². The number of aromatic nitrogens is 1. The van der Waals surface area contributed by atoms with Gasteiger partial charge in [0.2, 0.25) is 0 Å². The molecular formula is C7H8NO3S-. The van der Waals surface area contributed by atoms with Crippen molar-refractivity contribution in [3.05, 3.63) is 11.5 Å². The van der Waals surface area contributed by atoms with Gasteiger partial charge in [0.15, 0.2) is 0 Å². The SMILES string of the molecule is Cc1nc(SCC(=O)[O-])oc1C. The van der Waals surface area contributed by atoms with Gasteiger partial charge in [-0.05, 0) is 13.8 Å². The number of carbonyl (C=O) groups excluding carboxylic acids is 1. The second kappa shape index (κ2) is 3.62. The summed E-state index contributed by atoms with van der Waals surface area (Å²) in [5, 5.41) is 10.4. The minimum Gasteiger partial charge on any atom is -0.549 e. The van der Waals surface area contributed by atoms with E-state index < -0.39 is 5.97 Å². The molecule has 1 heterocycles. The number of aryl methyl sites for hydroxylation is 2. The average Bonchev–Trinajstić information content (AvgIpc) is 2.28. The summed E-state index contributed by atoms with van der Waals surface area (Å²) in [5.41, 5.74) is 0.788. The lowest BCUT2D eigenvalue weighted by atomic mass is 10.4. The van der Waals surface area contributed by atoms with E-state index in [2.05, 4.69) is 4.98 Å². The van der Waals surface area contributed by atoms with Crippen LogP contribution in [0.1, 0.15) is 11.5 Å². The van der Waals surface area contributed by atoms with Crippen molar-refractivity contribution in [2.45, 2.75) is 19.1 Å². The van der Waals surface area contributed by atoms with Gasteiger partial charge in [-0.25, -0.2) is 4.98 Å². The summed E-state index contributed by atoms with van der Waals surface area (Å²) in [6.45, 7) is 3.59. The molecule has 1 rings (SSSR count). The second-order valence-electron chi connectivity index (χ2n) is 2.28. The summed E-state index contributed by atoms with van der Waals surface area (Å²) >= 11 is 1.02. The van der Waals surface area contributed by atoms with Crippen molar-refractivity contribution >= 4 is 17.7 Å². The van der Waals surface area contributed by atoms with Crippen LogP contribution in [-0.2, 0) is 4.79 Å². The Balaban J connectivity index is 2.58. The van der Waals surface area contributed by atoms with E-state index in [4.69, 9.17) is 4.42 Å². The van der Waals surface area contributed by atoms with E-state index in [9.17, 15) is 9.90 Å². The van der Waals surface area contributed by atoms with Crippen molar-refractivity contribution in [2.24, 2.45) is 0 Å². The number of carboxylic acids is 1. The number of thioether (sulfide) groups is 1. The fourth-order valence-electron chi connectivity index (χ4n) is 0.626. The van der Waals surface area contributed by atoms with E-state index >= 15 is 0 Å². The highest BCUT2D eigenvalue weighted by Crippen LogP contribution is 2.19. The van der Waals surface area contributed by atoms with E-state index in [1.165, 1.54) is 0 Å². The number of hydrogen-bond donors (Lipinski definition) is 0. The number of hydrogen-bond acceptors (Lipinski definition) is 5. The maximum atomic E-state index is 10.1. The number of nitrogens with zero attached hydrogens (tertiary/aromatic N) is 1. The van der Waals surface area contributed by atoms with Crippen LogP contribution in [0, 0.1) is 13.8 Å². The number of aliphatic carboxylic acids is 1. The Hall–Kier alpha value is -0.970. The third-order valence-corrected chi connectivity index (χ3v) is 2.12. The minimum absolute atomic E-state index is 0.126. The van der Waals surface area contributed by atoms with Gasteiger partial charge in [0.05, 0.1) is 11.7 Å². The van der Waals surface area contributed by atoms with Crippen LogP contribution in [0.4, 0.5) is 0 Å². The van der Waals surface area contributed by atoms with Gasteiger partial charge in [-0.1, -0.05) is 11.8 Å². The Morgan fingerprint density at radius 2 is 2.33 bits per heavy atom. The van der Waals surface area contributed by atoms with Crippen molar-refractivity contribution in [1.82, 2.24) is 4.98 Å². The number of oxazole rings is 1. The quantitative estimate of drug-likeness (QED) is 0.628. The topological polar surface area (TPSA) is 66.2 Å². The molecule has 0 saturated heterocycles. The van der Waals surface area contributed by atoms with Crippen LogP contribution in [0.5, 0.6) is 0 Å². The Kier molecular flexibility index (Phi) is 2.75. The first-order valence-electron chi connectivity index (χ1n) is 3.36. The van der Waals surface area contributed by atoms with Crippen molar-refractivity contribution in [1.29, 1.82) is 0 Å². The predicted octanol–water partition coefficient (Wildman–Crippen LogP) is 0.133. The van der Waals surface area contributed by atoms with Gasteiger partial charge in [-0.3, -0.25) is 0 Å². The molecule has 1 aromatic rings. The molecule has 0 unspecified atom stereocenters. The lowest BCUT2D eigenvalue weighted by Gasteiger charge is -1.95. The van der Waals surface area contributed by atoms with Gasteiger partial charge >= 0.3 is 0 Å². The molecule has 0 N–H and O–H groups in total. The molecule has 4 nitrogen and oxygen atoms in total. The molecule has 0 aliphatic carbocycles. The summed E-state index contributed by atoms with van der Waals surface area (Å²) in [4.78, 5) is 14.1. The Labute approximate surface area is 74.0 Å². The zero-order valence-electron chi connectivity index (χ0n) is 6.79. The number of carboxylic acid groups (broad SMARTS) is 1. The summed E-state index contributed by atoms with van der Waals surface area (Å²) < 4.78 is 5.13. The fourth-order valence-corrected chi connectivity index (χ4v) is 1.25. The molecule has 0 radical (unpaired) electrons. The van der Waals surface area contributed by atoms with Crippen molar-refractivity contribution in [2.75, 3.05) is 5.75 Å². The Bertz CT molecular complexity index is 275. The lowest BCUT2D eigenvalue weighted by Crippen LogP contribution is -2.24. The van der Waals surface area contributed by atoms with E-state index in [1.54, 1.807) is 6.92 Å². The van der Waals surface area contributed by atoms with E-state index in [0.717, 1.165) is 23.2 Å². The molecule has 0 aliphatic heterocycles. The highest BCUT2D eigenvalue weighted by molar-refractivity contribution is 7.99. The first-order valence-corrected chi connectivity index (χ1v) is 4.35. The summed E-state index contributed by atoms with van der Waals surface area (Å²) in [5.74, 6) is -0.524. The zero-order valence-corrected chi connectivity index (χ0v) is 7.60. The normalized spacial score (nSPS) is 10.2. The van der Waals surface area contributed by atoms with Crippen LogP contribution >= 0.6 is 11.8 Å². The average molecular weight is 186 g/mol. The molecule has 5 heteroatoms. The molecule has 1 aromatic heterocycles. The molecule has 0 amide bonds. The molecule has 0 atom stereocenters. The molecule has 0 aliphatic rings. The molecule has 12 heavy (non-hydrogen) atoms. The summed E-state index contributed by atoms with van der Waals surface area (Å²) in [7, 11) is 0. The van der Waals surface area contributed by atoms with Crippen molar-refractivity contribution in [3.63, 3.8) is 0 Å². The first-order chi connectivity index (χ1) is 5.59. The smallest absolute Gasteiger partial charge is 0.256 e. The highest BCUT2D eigenvalue weighted by atomic mass is 32.2. The van der Waals surface area contributed by atoms with Crippen LogP contribution in [0.25, 0.3) is 0 Å². The summed E-state index contributed by atoms with van der Waals surface area (Å²) in [6, 6.07) is 0. The Morgan fingerprint density at radius 1 is 1.67 bits per heavy atom. The second-order valence-corrected chi connectivity index (χ2v) is 3.21. The lowest BCUT2D eigenvalue weighted by molar-refractivity contribution is -0.301. The third-order valence-electron chi connectivity index (χ3n) is 1.32. The van der Waals surface area contributed by atoms with Gasteiger partial charge < -0.3 is 14.3 Å². The Morgan fingerprint density at radius 3 is 2.75 bits per heavy atom. The van der Waals surface area contributed by atoms with Gasteiger partial charge in [0.25, 0.3) is 5.22 Å². The molecule has 0 spiro atoms. The van der Waals surface area contributed by atoms with Crippen molar-refractivity contribution < 1.29 is 14.3 Å². The fraction of sp³-hybridized carbons (Fsp3) is 0.429. The largest absolute Gasteiger partial charge is 0.549 e. The number of rotatable bonds is 3. The maximum absolute atomic E-state index is 10.1. The molecule has 0 aromatic carbocycles. The first kappa shape index (κ1) is 9.12. The summed E-state index contributed by atoms with van der Waals surface area (Å²) in [6.07, 6.45) is 0. The maximum Gasteiger partial charge on any atom is 0.256 e. The van der Waals surface area contributed by atoms with Crippen LogP contribution in [0.2, 0.25) is 0 Å². The molecule has 66 valence electrons. The number of carbonyl (C=O) groups is 1. The monoisotopic (exact) mass is 186 g/mol. The highest BCUT2D eigenvalue weighted by Gasteiger charge is 2.05. The van der Waals surface area contributed by atoms with Crippen LogP contribution < -0.4 is 5.11 Å². The van der Waals surface area contributed by atoms with E-state index in [-0.39, 0.29) is 5.75 Å². The predicted molar refractivity (Wildman–Crippen MR) is 41.7 cm³/mol. The minimum atomic E-state index is -1.12. The van der Waals surface area contributed by atoms with Crippen LogP contribution in [-0.4, -0.2) is 16.7 Å². The van der Waals surface area contributed by atoms with Gasteiger partial charge in [-0.2, -0.15) is 0 Å². The van der Waals surface area contributed by atoms with Gasteiger partial charge in [0.1, 0.15) is 5.76 Å². The molecule has 0 fully saturated rings. The standard InChI is InChI=1S/C7H9NO3S/c1-4-5(2)11-7(8-4)12-3-6(9)10/h3H2,1-2H3,(H,9,10)/p-1. The molecule has 0 bridgehead atoms. The van der Waals surface area contributed by atoms with Crippen LogP contribution in [0.3, 0.4) is 0 Å².